The van der Waals surface area contributed by atoms with Crippen molar-refractivity contribution in [3.63, 3.8) is 0 Å². The summed E-state index contributed by atoms with van der Waals surface area (Å²) in [4.78, 5) is 17.6. The number of carbonyl (C=O) groups is 1. The van der Waals surface area contributed by atoms with Gasteiger partial charge in [-0.3, -0.25) is 10.2 Å². The highest BCUT2D eigenvalue weighted by Gasteiger charge is 2.27. The number of pyridine rings is 1. The summed E-state index contributed by atoms with van der Waals surface area (Å²) < 4.78 is 5.88. The van der Waals surface area contributed by atoms with Crippen LogP contribution in [-0.4, -0.2) is 35.0 Å². The van der Waals surface area contributed by atoms with E-state index in [1.54, 1.807) is 30.5 Å². The van der Waals surface area contributed by atoms with E-state index >= 15 is 0 Å². The number of aromatic nitrogens is 1. The van der Waals surface area contributed by atoms with E-state index in [1.807, 2.05) is 17.0 Å². The van der Waals surface area contributed by atoms with Crippen molar-refractivity contribution in [2.45, 2.75) is 12.8 Å². The molecule has 7 heteroatoms. The van der Waals surface area contributed by atoms with Crippen molar-refractivity contribution in [1.29, 1.82) is 5.41 Å². The Morgan fingerprint density at radius 2 is 2.08 bits per heavy atom. The smallest absolute Gasteiger partial charge is 0.308 e. The van der Waals surface area contributed by atoms with Gasteiger partial charge in [0.1, 0.15) is 17.3 Å². The van der Waals surface area contributed by atoms with Crippen molar-refractivity contribution in [2.24, 2.45) is 11.7 Å². The van der Waals surface area contributed by atoms with Crippen LogP contribution in [0.3, 0.4) is 0 Å². The number of nitrogens with zero attached hydrogens (tertiary/aromatic N) is 2. The number of nitrogens with one attached hydrogen (secondary N) is 1. The normalized spacial score (nSPS) is 17.1. The Bertz CT molecular complexity index is 776. The zero-order chi connectivity index (χ0) is 17.8. The highest BCUT2D eigenvalue weighted by molar-refractivity contribution is 5.94. The minimum atomic E-state index is -0.768. The maximum absolute atomic E-state index is 11.3. The zero-order valence-corrected chi connectivity index (χ0v) is 13.7. The van der Waals surface area contributed by atoms with Crippen LogP contribution in [0.15, 0.2) is 42.6 Å². The molecule has 1 aliphatic rings. The van der Waals surface area contributed by atoms with Gasteiger partial charge < -0.3 is 20.5 Å². The van der Waals surface area contributed by atoms with Gasteiger partial charge in [-0.05, 0) is 49.2 Å². The molecule has 1 fully saturated rings. The van der Waals surface area contributed by atoms with E-state index in [2.05, 4.69) is 4.98 Å². The molecule has 0 spiro atoms. The highest BCUT2D eigenvalue weighted by atomic mass is 16.5. The van der Waals surface area contributed by atoms with Crippen LogP contribution in [0.5, 0.6) is 11.6 Å². The number of hydrogen-bond acceptors (Lipinski definition) is 5. The molecule has 130 valence electrons. The number of nitrogens with two attached hydrogens (primary N) is 1. The predicted octanol–water partition coefficient (Wildman–Crippen LogP) is 2.46. The number of rotatable bonds is 5. The molecule has 4 N–H and O–H groups in total. The van der Waals surface area contributed by atoms with Gasteiger partial charge in [-0.2, -0.15) is 0 Å². The van der Waals surface area contributed by atoms with Crippen LogP contribution in [0, 0.1) is 11.3 Å². The summed E-state index contributed by atoms with van der Waals surface area (Å²) in [6.07, 6.45) is 3.15. The standard InChI is InChI=1S/C18H20N4O3/c19-16(20)12-5-7-14(8-6-12)25-17-15(4-1-9-21-17)22-10-2-3-13(11-22)18(23)24/h1,4-9,13H,2-3,10-11H2,(H3,19,20)(H,23,24). The highest BCUT2D eigenvalue weighted by Crippen LogP contribution is 2.32. The molecule has 3 rings (SSSR count). The fourth-order valence-electron chi connectivity index (χ4n) is 2.91. The minimum absolute atomic E-state index is 0.00176. The molecule has 7 nitrogen and oxygen atoms in total. The van der Waals surface area contributed by atoms with Gasteiger partial charge in [0.25, 0.3) is 0 Å². The first kappa shape index (κ1) is 16.8. The summed E-state index contributed by atoms with van der Waals surface area (Å²) >= 11 is 0. The SMILES string of the molecule is N=C(N)c1ccc(Oc2ncccc2N2CCCC(C(=O)O)C2)cc1. The van der Waals surface area contributed by atoms with E-state index in [4.69, 9.17) is 15.9 Å². The lowest BCUT2D eigenvalue weighted by Gasteiger charge is -2.33. The van der Waals surface area contributed by atoms with Crippen LogP contribution in [-0.2, 0) is 4.79 Å². The van der Waals surface area contributed by atoms with Gasteiger partial charge in [0.05, 0.1) is 5.92 Å². The topological polar surface area (TPSA) is 113 Å². The first-order valence-electron chi connectivity index (χ1n) is 8.09. The van der Waals surface area contributed by atoms with Crippen LogP contribution < -0.4 is 15.4 Å². The summed E-state index contributed by atoms with van der Waals surface area (Å²) in [6.45, 7) is 1.22. The quantitative estimate of drug-likeness (QED) is 0.569. The molecule has 0 aliphatic carbocycles. The molecule has 1 unspecified atom stereocenters. The Hall–Kier alpha value is -3.09. The first-order valence-corrected chi connectivity index (χ1v) is 8.09. The van der Waals surface area contributed by atoms with Crippen molar-refractivity contribution in [3.05, 3.63) is 48.2 Å². The summed E-state index contributed by atoms with van der Waals surface area (Å²) in [7, 11) is 0. The third kappa shape index (κ3) is 3.88. The number of piperidine rings is 1. The van der Waals surface area contributed by atoms with Crippen LogP contribution in [0.4, 0.5) is 5.69 Å². The Labute approximate surface area is 145 Å². The second-order valence-electron chi connectivity index (χ2n) is 5.99. The molecule has 1 aliphatic heterocycles. The van der Waals surface area contributed by atoms with Crippen molar-refractivity contribution >= 4 is 17.5 Å². The fraction of sp³-hybridized carbons (Fsp3) is 0.278. The molecular formula is C18H20N4O3. The second kappa shape index (κ2) is 7.21. The number of carboxylic acid groups (broad SMARTS) is 1. The molecule has 1 atom stereocenters. The molecule has 2 aromatic rings. The van der Waals surface area contributed by atoms with Crippen LogP contribution >= 0.6 is 0 Å². The molecule has 1 aromatic carbocycles. The monoisotopic (exact) mass is 340 g/mol. The van der Waals surface area contributed by atoms with Crippen LogP contribution in [0.25, 0.3) is 0 Å². The lowest BCUT2D eigenvalue weighted by atomic mass is 9.98. The van der Waals surface area contributed by atoms with E-state index < -0.39 is 5.97 Å². The van der Waals surface area contributed by atoms with Crippen LogP contribution in [0.2, 0.25) is 0 Å². The Morgan fingerprint density at radius 1 is 1.32 bits per heavy atom. The van der Waals surface area contributed by atoms with Gasteiger partial charge >= 0.3 is 5.97 Å². The number of ether oxygens (including phenoxy) is 1. The number of amidine groups is 1. The molecular weight excluding hydrogens is 320 g/mol. The number of anilines is 1. The number of nitrogen functional groups attached to an aromatic ring is 1. The lowest BCUT2D eigenvalue weighted by Crippen LogP contribution is -2.38. The average Bonchev–Trinajstić information content (AvgIpc) is 2.63. The van der Waals surface area contributed by atoms with Gasteiger partial charge in [-0.25, -0.2) is 4.98 Å². The summed E-state index contributed by atoms with van der Waals surface area (Å²) in [5, 5.41) is 16.7. The third-order valence-corrected chi connectivity index (χ3v) is 4.24. The van der Waals surface area contributed by atoms with E-state index in [1.165, 1.54) is 0 Å². The van der Waals surface area contributed by atoms with E-state index in [9.17, 15) is 9.90 Å². The second-order valence-corrected chi connectivity index (χ2v) is 5.99. The van der Waals surface area contributed by atoms with Crippen molar-refractivity contribution in [2.75, 3.05) is 18.0 Å². The van der Waals surface area contributed by atoms with Crippen molar-refractivity contribution in [1.82, 2.24) is 4.98 Å². The Kier molecular flexibility index (Phi) is 4.83. The molecule has 0 amide bonds. The van der Waals surface area contributed by atoms with Crippen molar-refractivity contribution in [3.8, 4) is 11.6 Å². The molecule has 0 saturated carbocycles. The molecule has 1 saturated heterocycles. The molecule has 1 aromatic heterocycles. The van der Waals surface area contributed by atoms with Gasteiger partial charge in [-0.15, -0.1) is 0 Å². The molecule has 25 heavy (non-hydrogen) atoms. The third-order valence-electron chi connectivity index (χ3n) is 4.24. The summed E-state index contributed by atoms with van der Waals surface area (Å²) in [5.74, 6) is -0.133. The number of hydrogen-bond donors (Lipinski definition) is 3. The maximum Gasteiger partial charge on any atom is 0.308 e. The number of benzene rings is 1. The van der Waals surface area contributed by atoms with E-state index in [-0.39, 0.29) is 11.8 Å². The molecule has 0 radical (unpaired) electrons. The van der Waals surface area contributed by atoms with Gasteiger partial charge in [0.15, 0.2) is 0 Å². The number of carboxylic acids is 1. The number of aliphatic carboxylic acids is 1. The van der Waals surface area contributed by atoms with Gasteiger partial charge in [0.2, 0.25) is 5.88 Å². The van der Waals surface area contributed by atoms with Gasteiger partial charge in [-0.1, -0.05) is 0 Å². The average molecular weight is 340 g/mol. The summed E-state index contributed by atoms with van der Waals surface area (Å²) in [5.41, 5.74) is 6.85. The maximum atomic E-state index is 11.3. The minimum Gasteiger partial charge on any atom is -0.481 e. The lowest BCUT2D eigenvalue weighted by molar-refractivity contribution is -0.141. The zero-order valence-electron chi connectivity index (χ0n) is 13.7. The predicted molar refractivity (Wildman–Crippen MR) is 94.3 cm³/mol. The van der Waals surface area contributed by atoms with Crippen LogP contribution in [0.1, 0.15) is 18.4 Å². The first-order chi connectivity index (χ1) is 12.0. The molecule has 0 bridgehead atoms. The van der Waals surface area contributed by atoms with Crippen molar-refractivity contribution < 1.29 is 14.6 Å². The van der Waals surface area contributed by atoms with E-state index in [0.717, 1.165) is 18.7 Å². The molecule has 2 heterocycles. The Balaban J connectivity index is 1.81. The largest absolute Gasteiger partial charge is 0.481 e. The van der Waals surface area contributed by atoms with E-state index in [0.29, 0.717) is 30.2 Å². The van der Waals surface area contributed by atoms with Gasteiger partial charge in [0, 0.05) is 24.8 Å². The Morgan fingerprint density at radius 3 is 2.76 bits per heavy atom. The summed E-state index contributed by atoms with van der Waals surface area (Å²) in [6, 6.07) is 10.6. The fourth-order valence-corrected chi connectivity index (χ4v) is 2.91.